The Bertz CT molecular complexity index is 314. The van der Waals surface area contributed by atoms with Gasteiger partial charge >= 0.3 is 0 Å². The molecule has 0 amide bonds. The summed E-state index contributed by atoms with van der Waals surface area (Å²) in [5.74, 6) is 0.810. The van der Waals surface area contributed by atoms with Crippen LogP contribution in [0.15, 0.2) is 24.3 Å². The summed E-state index contributed by atoms with van der Waals surface area (Å²) in [6, 6.07) is 7.74. The number of anilines is 1. The van der Waals surface area contributed by atoms with E-state index < -0.39 is 5.60 Å². The van der Waals surface area contributed by atoms with Gasteiger partial charge in [0.1, 0.15) is 11.4 Å². The maximum atomic E-state index is 9.11. The Kier molecular flexibility index (Phi) is 1.88. The molecule has 3 nitrogen and oxygen atoms in total. The fraction of sp³-hybridized carbons (Fsp3) is 0.400. The third-order valence-corrected chi connectivity index (χ3v) is 2.23. The lowest BCUT2D eigenvalue weighted by Crippen LogP contribution is -2.46. The zero-order valence-corrected chi connectivity index (χ0v) is 7.58. The second-order valence-corrected chi connectivity index (χ2v) is 3.56. The van der Waals surface area contributed by atoms with Gasteiger partial charge in [-0.25, -0.2) is 0 Å². The third-order valence-electron chi connectivity index (χ3n) is 2.23. The summed E-state index contributed by atoms with van der Waals surface area (Å²) in [4.78, 5) is 0. The quantitative estimate of drug-likeness (QED) is 0.681. The number of ether oxygens (including phenoxy) is 1. The van der Waals surface area contributed by atoms with Crippen LogP contribution in [0.5, 0.6) is 5.75 Å². The molecule has 0 fully saturated rings. The van der Waals surface area contributed by atoms with Crippen LogP contribution in [0.3, 0.4) is 0 Å². The van der Waals surface area contributed by atoms with E-state index >= 15 is 0 Å². The molecule has 70 valence electrons. The van der Waals surface area contributed by atoms with E-state index in [1.165, 1.54) is 0 Å². The van der Waals surface area contributed by atoms with Gasteiger partial charge in [0, 0.05) is 0 Å². The van der Waals surface area contributed by atoms with Crippen LogP contribution >= 0.6 is 0 Å². The number of hydrogen-bond acceptors (Lipinski definition) is 3. The first-order valence-corrected chi connectivity index (χ1v) is 4.36. The molecule has 0 spiro atoms. The summed E-state index contributed by atoms with van der Waals surface area (Å²) in [6.45, 7) is 2.55. The van der Waals surface area contributed by atoms with Crippen molar-refractivity contribution >= 4 is 5.69 Å². The lowest BCUT2D eigenvalue weighted by molar-refractivity contribution is 0.0311. The Balaban J connectivity index is 2.29. The number of hydrogen-bond donors (Lipinski definition) is 2. The molecule has 1 heterocycles. The van der Waals surface area contributed by atoms with Crippen molar-refractivity contribution in [3.63, 3.8) is 0 Å². The monoisotopic (exact) mass is 179 g/mol. The van der Waals surface area contributed by atoms with Crippen molar-refractivity contribution < 1.29 is 9.84 Å². The van der Waals surface area contributed by atoms with Gasteiger partial charge in [-0.15, -0.1) is 0 Å². The molecule has 1 aromatic carbocycles. The molecule has 0 radical (unpaired) electrons. The Hall–Kier alpha value is -1.22. The Morgan fingerprint density at radius 2 is 2.31 bits per heavy atom. The largest absolute Gasteiger partial charge is 0.481 e. The summed E-state index contributed by atoms with van der Waals surface area (Å²) in [7, 11) is 0. The number of nitrogens with one attached hydrogen (secondary N) is 1. The molecule has 13 heavy (non-hydrogen) atoms. The number of aliphatic hydroxyl groups excluding tert-OH is 1. The van der Waals surface area contributed by atoms with E-state index in [-0.39, 0.29) is 6.61 Å². The molecule has 1 unspecified atom stereocenters. The van der Waals surface area contributed by atoms with Gasteiger partial charge in [-0.2, -0.15) is 0 Å². The molecule has 0 saturated heterocycles. The Morgan fingerprint density at radius 1 is 1.54 bits per heavy atom. The SMILES string of the molecule is CC1(CO)CNc2ccccc2O1. The molecule has 0 aromatic heterocycles. The van der Waals surface area contributed by atoms with Crippen molar-refractivity contribution in [2.75, 3.05) is 18.5 Å². The maximum Gasteiger partial charge on any atom is 0.146 e. The second-order valence-electron chi connectivity index (χ2n) is 3.56. The molecule has 3 heteroatoms. The summed E-state index contributed by atoms with van der Waals surface area (Å²) in [5.41, 5.74) is 0.502. The van der Waals surface area contributed by atoms with E-state index in [9.17, 15) is 0 Å². The van der Waals surface area contributed by atoms with Crippen molar-refractivity contribution in [2.45, 2.75) is 12.5 Å². The number of fused-ring (bicyclic) bond motifs is 1. The zero-order valence-electron chi connectivity index (χ0n) is 7.58. The molecule has 0 bridgehead atoms. The molecule has 0 saturated carbocycles. The van der Waals surface area contributed by atoms with Gasteiger partial charge in [0.15, 0.2) is 0 Å². The van der Waals surface area contributed by atoms with Gasteiger partial charge < -0.3 is 15.2 Å². The first-order chi connectivity index (χ1) is 6.23. The van der Waals surface area contributed by atoms with E-state index in [4.69, 9.17) is 9.84 Å². The molecule has 2 rings (SSSR count). The van der Waals surface area contributed by atoms with Gasteiger partial charge in [-0.3, -0.25) is 0 Å². The number of aliphatic hydroxyl groups is 1. The molecule has 1 aromatic rings. The van der Waals surface area contributed by atoms with Crippen LogP contribution in [0.4, 0.5) is 5.69 Å². The summed E-state index contributed by atoms with van der Waals surface area (Å²) in [5, 5.41) is 12.3. The minimum atomic E-state index is -0.492. The lowest BCUT2D eigenvalue weighted by Gasteiger charge is -2.34. The fourth-order valence-corrected chi connectivity index (χ4v) is 1.37. The van der Waals surface area contributed by atoms with Crippen LogP contribution in [0.25, 0.3) is 0 Å². The minimum absolute atomic E-state index is 0.0222. The first-order valence-electron chi connectivity index (χ1n) is 4.36. The average Bonchev–Trinajstić information content (AvgIpc) is 2.18. The van der Waals surface area contributed by atoms with E-state index in [1.807, 2.05) is 31.2 Å². The molecule has 1 atom stereocenters. The smallest absolute Gasteiger partial charge is 0.146 e. The van der Waals surface area contributed by atoms with Crippen molar-refractivity contribution in [1.29, 1.82) is 0 Å². The van der Waals surface area contributed by atoms with E-state index in [0.717, 1.165) is 11.4 Å². The lowest BCUT2D eigenvalue weighted by atomic mass is 10.1. The highest BCUT2D eigenvalue weighted by Crippen LogP contribution is 2.31. The zero-order chi connectivity index (χ0) is 9.31. The highest BCUT2D eigenvalue weighted by Gasteiger charge is 2.30. The number of para-hydroxylation sites is 2. The van der Waals surface area contributed by atoms with Gasteiger partial charge in [0.25, 0.3) is 0 Å². The predicted molar refractivity (Wildman–Crippen MR) is 51.1 cm³/mol. The van der Waals surface area contributed by atoms with Crippen LogP contribution in [0.1, 0.15) is 6.92 Å². The summed E-state index contributed by atoms with van der Waals surface area (Å²) < 4.78 is 5.66. The standard InChI is InChI=1S/C10H13NO2/c1-10(7-12)6-11-8-4-2-3-5-9(8)13-10/h2-5,11-12H,6-7H2,1H3. The van der Waals surface area contributed by atoms with Gasteiger partial charge in [-0.1, -0.05) is 12.1 Å². The van der Waals surface area contributed by atoms with Crippen molar-refractivity contribution in [3.8, 4) is 5.75 Å². The van der Waals surface area contributed by atoms with E-state index in [0.29, 0.717) is 6.54 Å². The van der Waals surface area contributed by atoms with Gasteiger partial charge in [0.2, 0.25) is 0 Å². The Morgan fingerprint density at radius 3 is 3.08 bits per heavy atom. The molecule has 1 aliphatic heterocycles. The fourth-order valence-electron chi connectivity index (χ4n) is 1.37. The molecular weight excluding hydrogens is 166 g/mol. The topological polar surface area (TPSA) is 41.5 Å². The maximum absolute atomic E-state index is 9.11. The summed E-state index contributed by atoms with van der Waals surface area (Å²) in [6.07, 6.45) is 0. The summed E-state index contributed by atoms with van der Waals surface area (Å²) >= 11 is 0. The van der Waals surface area contributed by atoms with Crippen LogP contribution in [-0.4, -0.2) is 23.9 Å². The van der Waals surface area contributed by atoms with Crippen molar-refractivity contribution in [1.82, 2.24) is 0 Å². The molecule has 1 aliphatic rings. The van der Waals surface area contributed by atoms with E-state index in [2.05, 4.69) is 5.32 Å². The molecule has 2 N–H and O–H groups in total. The average molecular weight is 179 g/mol. The second kappa shape index (κ2) is 2.92. The van der Waals surface area contributed by atoms with Crippen molar-refractivity contribution in [3.05, 3.63) is 24.3 Å². The number of rotatable bonds is 1. The van der Waals surface area contributed by atoms with Crippen LogP contribution in [0, 0.1) is 0 Å². The Labute approximate surface area is 77.3 Å². The van der Waals surface area contributed by atoms with Crippen molar-refractivity contribution in [2.24, 2.45) is 0 Å². The van der Waals surface area contributed by atoms with Crippen LogP contribution in [0.2, 0.25) is 0 Å². The number of benzene rings is 1. The predicted octanol–water partition coefficient (Wildman–Crippen LogP) is 1.24. The van der Waals surface area contributed by atoms with Gasteiger partial charge in [0.05, 0.1) is 18.8 Å². The highest BCUT2D eigenvalue weighted by molar-refractivity contribution is 5.58. The highest BCUT2D eigenvalue weighted by atomic mass is 16.5. The molecular formula is C10H13NO2. The minimum Gasteiger partial charge on any atom is -0.481 e. The van der Waals surface area contributed by atoms with Crippen LogP contribution in [-0.2, 0) is 0 Å². The normalized spacial score (nSPS) is 25.7. The van der Waals surface area contributed by atoms with Crippen LogP contribution < -0.4 is 10.1 Å². The van der Waals surface area contributed by atoms with E-state index in [1.54, 1.807) is 0 Å². The first kappa shape index (κ1) is 8.38. The molecule has 0 aliphatic carbocycles. The third kappa shape index (κ3) is 1.47. The van der Waals surface area contributed by atoms with Gasteiger partial charge in [-0.05, 0) is 19.1 Å².